The van der Waals surface area contributed by atoms with Gasteiger partial charge >= 0.3 is 0 Å². The molecule has 0 aromatic carbocycles. The number of unbranched alkanes of at least 4 members (excludes halogenated alkanes) is 3. The molecule has 1 amide bonds. The molecular formula is C15H30N2OS. The molecule has 1 heterocycles. The Morgan fingerprint density at radius 1 is 1.21 bits per heavy atom. The van der Waals surface area contributed by atoms with Crippen molar-refractivity contribution in [2.45, 2.75) is 71.0 Å². The van der Waals surface area contributed by atoms with E-state index in [1.54, 1.807) is 0 Å². The number of hydrogen-bond donors (Lipinski definition) is 1. The zero-order valence-corrected chi connectivity index (χ0v) is 13.6. The van der Waals surface area contributed by atoms with E-state index in [1.165, 1.54) is 25.0 Å². The van der Waals surface area contributed by atoms with Crippen LogP contribution >= 0.6 is 11.8 Å². The van der Waals surface area contributed by atoms with Crippen molar-refractivity contribution in [1.29, 1.82) is 0 Å². The van der Waals surface area contributed by atoms with E-state index in [0.717, 1.165) is 32.2 Å². The molecule has 0 bridgehead atoms. The molecule has 1 saturated heterocycles. The number of carbonyl (C=O) groups is 1. The average Bonchev–Trinajstić information content (AvgIpc) is 2.71. The van der Waals surface area contributed by atoms with Gasteiger partial charge in [-0.25, -0.2) is 0 Å². The summed E-state index contributed by atoms with van der Waals surface area (Å²) in [6.45, 7) is 5.24. The van der Waals surface area contributed by atoms with Crippen LogP contribution in [0, 0.1) is 0 Å². The summed E-state index contributed by atoms with van der Waals surface area (Å²) in [5, 5.41) is 3.48. The van der Waals surface area contributed by atoms with Gasteiger partial charge in [0.25, 0.3) is 0 Å². The van der Waals surface area contributed by atoms with Gasteiger partial charge in [0, 0.05) is 6.54 Å². The Hall–Kier alpha value is -0.220. The van der Waals surface area contributed by atoms with E-state index < -0.39 is 0 Å². The zero-order valence-electron chi connectivity index (χ0n) is 12.8. The van der Waals surface area contributed by atoms with E-state index in [-0.39, 0.29) is 12.2 Å². The molecule has 2 atom stereocenters. The second-order valence-corrected chi connectivity index (χ2v) is 6.36. The van der Waals surface area contributed by atoms with Crippen LogP contribution in [-0.4, -0.2) is 41.6 Å². The van der Waals surface area contributed by atoms with Crippen LogP contribution in [0.5, 0.6) is 0 Å². The predicted octanol–water partition coefficient (Wildman–Crippen LogP) is 3.25. The number of nitrogens with zero attached hydrogens (tertiary/aromatic N) is 1. The highest BCUT2D eigenvalue weighted by molar-refractivity contribution is 7.98. The van der Waals surface area contributed by atoms with Crippen molar-refractivity contribution in [1.82, 2.24) is 10.2 Å². The van der Waals surface area contributed by atoms with Gasteiger partial charge in [0.15, 0.2) is 0 Å². The molecule has 1 N–H and O–H groups in total. The Labute approximate surface area is 122 Å². The van der Waals surface area contributed by atoms with Gasteiger partial charge in [0.2, 0.25) is 5.91 Å². The second kappa shape index (κ2) is 9.65. The summed E-state index contributed by atoms with van der Waals surface area (Å²) < 4.78 is 0. The third kappa shape index (κ3) is 5.35. The molecule has 0 aliphatic carbocycles. The summed E-state index contributed by atoms with van der Waals surface area (Å²) in [7, 11) is 0. The molecule has 1 aliphatic heterocycles. The van der Waals surface area contributed by atoms with Crippen molar-refractivity contribution in [3.8, 4) is 0 Å². The van der Waals surface area contributed by atoms with Crippen molar-refractivity contribution in [2.75, 3.05) is 18.6 Å². The van der Waals surface area contributed by atoms with Gasteiger partial charge < -0.3 is 4.90 Å². The van der Waals surface area contributed by atoms with Gasteiger partial charge in [0.05, 0.1) is 12.2 Å². The maximum absolute atomic E-state index is 12.3. The number of amides is 1. The molecule has 1 fully saturated rings. The fourth-order valence-electron chi connectivity index (χ4n) is 2.73. The minimum atomic E-state index is 0.0754. The van der Waals surface area contributed by atoms with Gasteiger partial charge in [-0.1, -0.05) is 33.1 Å². The molecular weight excluding hydrogens is 256 g/mol. The van der Waals surface area contributed by atoms with Crippen LogP contribution < -0.4 is 5.32 Å². The Kier molecular flexibility index (Phi) is 8.55. The second-order valence-electron chi connectivity index (χ2n) is 5.37. The van der Waals surface area contributed by atoms with E-state index in [2.05, 4.69) is 30.3 Å². The average molecular weight is 286 g/mol. The molecule has 1 rings (SSSR count). The van der Waals surface area contributed by atoms with Crippen LogP contribution in [0.3, 0.4) is 0 Å². The minimum Gasteiger partial charge on any atom is -0.326 e. The lowest BCUT2D eigenvalue weighted by molar-refractivity contribution is -0.130. The number of thioether (sulfide) groups is 1. The van der Waals surface area contributed by atoms with E-state index in [4.69, 9.17) is 0 Å². The van der Waals surface area contributed by atoms with E-state index in [1.807, 2.05) is 11.8 Å². The quantitative estimate of drug-likeness (QED) is 0.626. The number of nitrogens with one attached hydrogen (secondary N) is 1. The molecule has 0 aromatic rings. The smallest absolute Gasteiger partial charge is 0.241 e. The van der Waals surface area contributed by atoms with Crippen LogP contribution in [0.4, 0.5) is 0 Å². The van der Waals surface area contributed by atoms with Gasteiger partial charge in [0.1, 0.15) is 0 Å². The SMILES string of the molecule is CCCC1NC(CC)N(CCCCCCSC)C1=O. The standard InChI is InChI=1S/C15H30N2OS/c1-4-10-13-15(18)17(14(5-2)16-13)11-8-6-7-9-12-19-3/h13-14,16H,4-12H2,1-3H3. The Morgan fingerprint density at radius 2 is 1.95 bits per heavy atom. The molecule has 0 aromatic heterocycles. The van der Waals surface area contributed by atoms with Crippen LogP contribution in [-0.2, 0) is 4.79 Å². The molecule has 4 heteroatoms. The molecule has 112 valence electrons. The number of carbonyl (C=O) groups excluding carboxylic acids is 1. The zero-order chi connectivity index (χ0) is 14.1. The van der Waals surface area contributed by atoms with Crippen molar-refractivity contribution in [3.05, 3.63) is 0 Å². The van der Waals surface area contributed by atoms with Crippen LogP contribution in [0.15, 0.2) is 0 Å². The van der Waals surface area contributed by atoms with E-state index >= 15 is 0 Å². The Bertz CT molecular complexity index is 261. The molecule has 2 unspecified atom stereocenters. The van der Waals surface area contributed by atoms with Gasteiger partial charge in [-0.2, -0.15) is 11.8 Å². The first-order valence-electron chi connectivity index (χ1n) is 7.80. The molecule has 19 heavy (non-hydrogen) atoms. The summed E-state index contributed by atoms with van der Waals surface area (Å²) >= 11 is 1.92. The van der Waals surface area contributed by atoms with Crippen molar-refractivity contribution in [3.63, 3.8) is 0 Å². The summed E-state index contributed by atoms with van der Waals surface area (Å²) in [6.07, 6.45) is 10.5. The first kappa shape index (κ1) is 16.8. The van der Waals surface area contributed by atoms with Crippen molar-refractivity contribution < 1.29 is 4.79 Å². The topological polar surface area (TPSA) is 32.3 Å². The van der Waals surface area contributed by atoms with Gasteiger partial charge in [-0.15, -0.1) is 0 Å². The maximum Gasteiger partial charge on any atom is 0.241 e. The fraction of sp³-hybridized carbons (Fsp3) is 0.933. The molecule has 0 radical (unpaired) electrons. The lowest BCUT2D eigenvalue weighted by atomic mass is 10.1. The Morgan fingerprint density at radius 3 is 2.58 bits per heavy atom. The fourth-order valence-corrected chi connectivity index (χ4v) is 3.22. The van der Waals surface area contributed by atoms with Gasteiger partial charge in [-0.05, 0) is 37.7 Å². The molecule has 1 aliphatic rings. The highest BCUT2D eigenvalue weighted by Crippen LogP contribution is 2.18. The van der Waals surface area contributed by atoms with Crippen molar-refractivity contribution >= 4 is 17.7 Å². The molecule has 0 spiro atoms. The lowest BCUT2D eigenvalue weighted by Crippen LogP contribution is -2.37. The monoisotopic (exact) mass is 286 g/mol. The third-order valence-electron chi connectivity index (χ3n) is 3.81. The lowest BCUT2D eigenvalue weighted by Gasteiger charge is -2.23. The van der Waals surface area contributed by atoms with Crippen molar-refractivity contribution in [2.24, 2.45) is 0 Å². The maximum atomic E-state index is 12.3. The predicted molar refractivity (Wildman–Crippen MR) is 84.5 cm³/mol. The normalized spacial score (nSPS) is 23.3. The number of hydrogen-bond acceptors (Lipinski definition) is 3. The summed E-state index contributed by atoms with van der Waals surface area (Å²) in [6, 6.07) is 0.0754. The first-order valence-corrected chi connectivity index (χ1v) is 9.19. The summed E-state index contributed by atoms with van der Waals surface area (Å²) in [5.74, 6) is 1.60. The number of rotatable bonds is 10. The molecule has 0 saturated carbocycles. The first-order chi connectivity index (χ1) is 9.24. The molecule has 3 nitrogen and oxygen atoms in total. The van der Waals surface area contributed by atoms with Gasteiger partial charge in [-0.3, -0.25) is 10.1 Å². The summed E-state index contributed by atoms with van der Waals surface area (Å²) in [5.41, 5.74) is 0. The van der Waals surface area contributed by atoms with Crippen LogP contribution in [0.25, 0.3) is 0 Å². The van der Waals surface area contributed by atoms with E-state index in [9.17, 15) is 4.79 Å². The van der Waals surface area contributed by atoms with Crippen LogP contribution in [0.2, 0.25) is 0 Å². The highest BCUT2D eigenvalue weighted by atomic mass is 32.2. The minimum absolute atomic E-state index is 0.0754. The highest BCUT2D eigenvalue weighted by Gasteiger charge is 2.36. The third-order valence-corrected chi connectivity index (χ3v) is 4.51. The Balaban J connectivity index is 2.28. The largest absolute Gasteiger partial charge is 0.326 e. The van der Waals surface area contributed by atoms with E-state index in [0.29, 0.717) is 5.91 Å². The summed E-state index contributed by atoms with van der Waals surface area (Å²) in [4.78, 5) is 14.4. The van der Waals surface area contributed by atoms with Crippen LogP contribution in [0.1, 0.15) is 58.8 Å².